The number of hydrogen-bond acceptors (Lipinski definition) is 3. The number of benzene rings is 1. The second-order valence-electron chi connectivity index (χ2n) is 4.87. The van der Waals surface area contributed by atoms with Crippen LogP contribution in [0, 0.1) is 0 Å². The van der Waals surface area contributed by atoms with E-state index in [1.807, 2.05) is 12.1 Å². The summed E-state index contributed by atoms with van der Waals surface area (Å²) in [5, 5.41) is 3.36. The van der Waals surface area contributed by atoms with Crippen molar-refractivity contribution in [3.8, 4) is 0 Å². The van der Waals surface area contributed by atoms with Crippen molar-refractivity contribution in [1.29, 1.82) is 0 Å². The molecular formula is C13H19BrN2O2S. The minimum atomic E-state index is -3.26. The Bertz CT molecular complexity index is 513. The van der Waals surface area contributed by atoms with Crippen LogP contribution in [-0.2, 0) is 10.0 Å². The molecule has 1 heterocycles. The van der Waals surface area contributed by atoms with Crippen molar-refractivity contribution >= 4 is 31.6 Å². The minimum Gasteiger partial charge on any atom is -0.314 e. The Labute approximate surface area is 123 Å². The molecular weight excluding hydrogens is 328 g/mol. The highest BCUT2D eigenvalue weighted by atomic mass is 79.9. The summed E-state index contributed by atoms with van der Waals surface area (Å²) in [7, 11) is -3.26. The lowest BCUT2D eigenvalue weighted by molar-refractivity contribution is 0.393. The quantitative estimate of drug-likeness (QED) is 0.861. The molecule has 0 amide bonds. The topological polar surface area (TPSA) is 58.2 Å². The van der Waals surface area contributed by atoms with E-state index in [0.717, 1.165) is 17.4 Å². The maximum Gasteiger partial charge on any atom is 0.232 e. The number of sulfonamides is 1. The summed E-state index contributed by atoms with van der Waals surface area (Å²) in [6.45, 7) is 1.00. The van der Waals surface area contributed by atoms with Crippen LogP contribution in [0.1, 0.15) is 25.7 Å². The summed E-state index contributed by atoms with van der Waals surface area (Å²) >= 11 is 3.33. The van der Waals surface area contributed by atoms with E-state index in [4.69, 9.17) is 0 Å². The summed E-state index contributed by atoms with van der Waals surface area (Å²) < 4.78 is 27.5. The van der Waals surface area contributed by atoms with Crippen molar-refractivity contribution in [1.82, 2.24) is 5.32 Å². The fraction of sp³-hybridized carbons (Fsp3) is 0.538. The van der Waals surface area contributed by atoms with Crippen LogP contribution < -0.4 is 10.0 Å². The van der Waals surface area contributed by atoms with E-state index >= 15 is 0 Å². The Hall–Kier alpha value is -0.590. The van der Waals surface area contributed by atoms with E-state index < -0.39 is 10.0 Å². The van der Waals surface area contributed by atoms with Gasteiger partial charge < -0.3 is 5.32 Å². The Kier molecular flexibility index (Phi) is 5.24. The van der Waals surface area contributed by atoms with Gasteiger partial charge in [-0.15, -0.1) is 0 Å². The molecule has 0 bridgehead atoms. The molecule has 1 aliphatic heterocycles. The number of piperidine rings is 1. The van der Waals surface area contributed by atoms with Crippen molar-refractivity contribution in [3.63, 3.8) is 0 Å². The van der Waals surface area contributed by atoms with Crippen molar-refractivity contribution < 1.29 is 8.42 Å². The average Bonchev–Trinajstić information content (AvgIpc) is 2.37. The SMILES string of the molecule is O=S(=O)(CCC1CCCCN1)Nc1cccc(Br)c1. The molecule has 1 fully saturated rings. The zero-order valence-corrected chi connectivity index (χ0v) is 13.1. The van der Waals surface area contributed by atoms with Gasteiger partial charge in [0, 0.05) is 16.2 Å². The van der Waals surface area contributed by atoms with Gasteiger partial charge in [0.1, 0.15) is 0 Å². The smallest absolute Gasteiger partial charge is 0.232 e. The predicted octanol–water partition coefficient (Wildman–Crippen LogP) is 2.72. The first kappa shape index (κ1) is 14.8. The first-order chi connectivity index (χ1) is 9.05. The van der Waals surface area contributed by atoms with E-state index in [1.54, 1.807) is 12.1 Å². The molecule has 0 spiro atoms. The molecule has 1 aromatic rings. The molecule has 1 unspecified atom stereocenters. The summed E-state index contributed by atoms with van der Waals surface area (Å²) in [5.41, 5.74) is 0.603. The molecule has 1 aromatic carbocycles. The van der Waals surface area contributed by atoms with Crippen molar-refractivity contribution in [3.05, 3.63) is 28.7 Å². The molecule has 2 N–H and O–H groups in total. The summed E-state index contributed by atoms with van der Waals surface area (Å²) in [4.78, 5) is 0. The molecule has 2 rings (SSSR count). The second kappa shape index (κ2) is 6.72. The molecule has 19 heavy (non-hydrogen) atoms. The molecule has 0 saturated carbocycles. The highest BCUT2D eigenvalue weighted by molar-refractivity contribution is 9.10. The number of anilines is 1. The molecule has 0 aliphatic carbocycles. The van der Waals surface area contributed by atoms with Gasteiger partial charge in [0.15, 0.2) is 0 Å². The Morgan fingerprint density at radius 1 is 1.37 bits per heavy atom. The van der Waals surface area contributed by atoms with E-state index in [0.29, 0.717) is 18.2 Å². The van der Waals surface area contributed by atoms with Gasteiger partial charge in [0.2, 0.25) is 10.0 Å². The van der Waals surface area contributed by atoms with E-state index in [1.165, 1.54) is 12.8 Å². The maximum absolute atomic E-state index is 12.0. The molecule has 0 aromatic heterocycles. The first-order valence-electron chi connectivity index (χ1n) is 6.55. The van der Waals surface area contributed by atoms with Gasteiger partial charge >= 0.3 is 0 Å². The normalized spacial score (nSPS) is 20.2. The van der Waals surface area contributed by atoms with Crippen molar-refractivity contribution in [2.45, 2.75) is 31.7 Å². The number of hydrogen-bond donors (Lipinski definition) is 2. The van der Waals surface area contributed by atoms with Crippen LogP contribution in [0.15, 0.2) is 28.7 Å². The van der Waals surface area contributed by atoms with Crippen LogP contribution in [0.4, 0.5) is 5.69 Å². The van der Waals surface area contributed by atoms with Gasteiger partial charge in [-0.2, -0.15) is 0 Å². The van der Waals surface area contributed by atoms with Gasteiger partial charge in [-0.05, 0) is 44.0 Å². The number of nitrogens with one attached hydrogen (secondary N) is 2. The lowest BCUT2D eigenvalue weighted by Gasteiger charge is -2.23. The van der Waals surface area contributed by atoms with Gasteiger partial charge in [-0.1, -0.05) is 28.4 Å². The van der Waals surface area contributed by atoms with E-state index in [-0.39, 0.29) is 5.75 Å². The van der Waals surface area contributed by atoms with Crippen molar-refractivity contribution in [2.24, 2.45) is 0 Å². The van der Waals surface area contributed by atoms with Crippen LogP contribution >= 0.6 is 15.9 Å². The van der Waals surface area contributed by atoms with Crippen LogP contribution in [0.3, 0.4) is 0 Å². The summed E-state index contributed by atoms with van der Waals surface area (Å²) in [6.07, 6.45) is 4.13. The number of halogens is 1. The zero-order chi connectivity index (χ0) is 13.7. The predicted molar refractivity (Wildman–Crippen MR) is 81.8 cm³/mol. The standard InChI is InChI=1S/C13H19BrN2O2S/c14-11-4-3-6-13(10-11)16-19(17,18)9-7-12-5-1-2-8-15-12/h3-4,6,10,12,15-16H,1-2,5,7-9H2. The van der Waals surface area contributed by atoms with Crippen LogP contribution in [0.2, 0.25) is 0 Å². The lowest BCUT2D eigenvalue weighted by atomic mass is 10.0. The van der Waals surface area contributed by atoms with E-state index in [9.17, 15) is 8.42 Å². The first-order valence-corrected chi connectivity index (χ1v) is 8.99. The molecule has 1 atom stereocenters. The molecule has 1 aliphatic rings. The second-order valence-corrected chi connectivity index (χ2v) is 7.62. The van der Waals surface area contributed by atoms with Crippen LogP contribution in [0.25, 0.3) is 0 Å². The third-order valence-corrected chi connectivity index (χ3v) is 5.06. The van der Waals surface area contributed by atoms with E-state index in [2.05, 4.69) is 26.0 Å². The zero-order valence-electron chi connectivity index (χ0n) is 10.7. The fourth-order valence-electron chi connectivity index (χ4n) is 2.25. The highest BCUT2D eigenvalue weighted by Gasteiger charge is 2.17. The van der Waals surface area contributed by atoms with Gasteiger partial charge in [0.25, 0.3) is 0 Å². The monoisotopic (exact) mass is 346 g/mol. The third kappa shape index (κ3) is 5.12. The molecule has 1 saturated heterocycles. The minimum absolute atomic E-state index is 0.164. The molecule has 106 valence electrons. The molecule has 6 heteroatoms. The Morgan fingerprint density at radius 3 is 2.89 bits per heavy atom. The highest BCUT2D eigenvalue weighted by Crippen LogP contribution is 2.17. The van der Waals surface area contributed by atoms with Gasteiger partial charge in [-0.25, -0.2) is 8.42 Å². The van der Waals surface area contributed by atoms with Gasteiger partial charge in [0.05, 0.1) is 5.75 Å². The summed E-state index contributed by atoms with van der Waals surface area (Å²) in [5.74, 6) is 0.164. The molecule has 4 nitrogen and oxygen atoms in total. The fourth-order valence-corrected chi connectivity index (χ4v) is 3.83. The van der Waals surface area contributed by atoms with Crippen LogP contribution in [0.5, 0.6) is 0 Å². The van der Waals surface area contributed by atoms with Crippen molar-refractivity contribution in [2.75, 3.05) is 17.0 Å². The lowest BCUT2D eigenvalue weighted by Crippen LogP contribution is -2.36. The molecule has 0 radical (unpaired) electrons. The Balaban J connectivity index is 1.87. The number of rotatable bonds is 5. The maximum atomic E-state index is 12.0. The largest absolute Gasteiger partial charge is 0.314 e. The summed E-state index contributed by atoms with van der Waals surface area (Å²) in [6, 6.07) is 7.53. The average molecular weight is 347 g/mol. The Morgan fingerprint density at radius 2 is 2.21 bits per heavy atom. The third-order valence-electron chi connectivity index (χ3n) is 3.25. The van der Waals surface area contributed by atoms with Gasteiger partial charge in [-0.3, -0.25) is 4.72 Å². The van der Waals surface area contributed by atoms with Crippen LogP contribution in [-0.4, -0.2) is 26.8 Å².